The maximum atomic E-state index is 14.4. The van der Waals surface area contributed by atoms with E-state index >= 15 is 0 Å². The molecule has 1 aromatic heterocycles. The van der Waals surface area contributed by atoms with Crippen molar-refractivity contribution in [1.82, 2.24) is 9.55 Å². The van der Waals surface area contributed by atoms with Crippen LogP contribution in [0.15, 0.2) is 15.8 Å². The molecule has 3 unspecified atom stereocenters. The predicted molar refractivity (Wildman–Crippen MR) is 86.4 cm³/mol. The van der Waals surface area contributed by atoms with Crippen LogP contribution < -0.4 is 11.2 Å². The van der Waals surface area contributed by atoms with Gasteiger partial charge in [-0.1, -0.05) is 0 Å². The minimum atomic E-state index is -4.48. The number of H-pyrrole nitrogens is 1. The van der Waals surface area contributed by atoms with Gasteiger partial charge in [0.2, 0.25) is 0 Å². The van der Waals surface area contributed by atoms with E-state index in [1.165, 1.54) is 20.8 Å². The van der Waals surface area contributed by atoms with Gasteiger partial charge in [-0.2, -0.15) is 0 Å². The highest BCUT2D eigenvalue weighted by Gasteiger charge is 2.50. The Morgan fingerprint density at radius 2 is 2.19 bits per heavy atom. The molecule has 0 radical (unpaired) electrons. The summed E-state index contributed by atoms with van der Waals surface area (Å²) in [6.07, 6.45) is -3.35. The van der Waals surface area contributed by atoms with Gasteiger partial charge in [0.25, 0.3) is 5.56 Å². The van der Waals surface area contributed by atoms with Gasteiger partial charge >= 0.3 is 13.5 Å². The molecule has 1 saturated heterocycles. The summed E-state index contributed by atoms with van der Waals surface area (Å²) in [5.41, 5.74) is -3.28. The Bertz CT molecular complexity index is 811. The van der Waals surface area contributed by atoms with Gasteiger partial charge in [0, 0.05) is 18.2 Å². The van der Waals surface area contributed by atoms with Crippen molar-refractivity contribution in [3.05, 3.63) is 32.6 Å². The fraction of sp³-hybridized carbons (Fsp3) is 0.714. The molecule has 1 aliphatic heterocycles. The van der Waals surface area contributed by atoms with Crippen molar-refractivity contribution in [3.8, 4) is 0 Å². The lowest BCUT2D eigenvalue weighted by Crippen LogP contribution is -2.39. The number of hydrogen-bond donors (Lipinski definition) is 2. The first-order valence-corrected chi connectivity index (χ1v) is 9.34. The van der Waals surface area contributed by atoms with E-state index in [4.69, 9.17) is 13.8 Å². The fourth-order valence-corrected chi connectivity index (χ4v) is 3.55. The third-order valence-corrected chi connectivity index (χ3v) is 4.89. The number of aromatic nitrogens is 2. The number of halogens is 2. The average molecular weight is 398 g/mol. The second-order valence-electron chi connectivity index (χ2n) is 6.42. The number of rotatable bonds is 7. The molecule has 2 N–H and O–H groups in total. The molecule has 148 valence electrons. The first-order chi connectivity index (χ1) is 12.0. The zero-order valence-electron chi connectivity index (χ0n) is 14.5. The van der Waals surface area contributed by atoms with Crippen molar-refractivity contribution in [2.24, 2.45) is 0 Å². The van der Waals surface area contributed by atoms with Gasteiger partial charge in [-0.25, -0.2) is 18.1 Å². The predicted octanol–water partition coefficient (Wildman–Crippen LogP) is 1.35. The van der Waals surface area contributed by atoms with Crippen molar-refractivity contribution < 1.29 is 32.0 Å². The molecule has 9 nitrogen and oxygen atoms in total. The molecule has 2 rings (SSSR count). The van der Waals surface area contributed by atoms with Crippen LogP contribution in [0.2, 0.25) is 0 Å². The van der Waals surface area contributed by atoms with Gasteiger partial charge in [0.05, 0.1) is 12.7 Å². The molecular weight excluding hydrogens is 377 g/mol. The van der Waals surface area contributed by atoms with Crippen LogP contribution in [0.5, 0.6) is 0 Å². The van der Waals surface area contributed by atoms with E-state index in [-0.39, 0.29) is 5.56 Å². The maximum absolute atomic E-state index is 14.4. The number of alkyl halides is 2. The first-order valence-electron chi connectivity index (χ1n) is 7.84. The highest BCUT2D eigenvalue weighted by molar-refractivity contribution is 7.47. The fourth-order valence-electron chi connectivity index (χ4n) is 2.55. The largest absolute Gasteiger partial charge is 0.472 e. The number of phosphoric acid groups is 1. The molecular formula is C14H21F2N2O7P. The van der Waals surface area contributed by atoms with E-state index in [1.54, 1.807) is 0 Å². The van der Waals surface area contributed by atoms with E-state index < -0.39 is 62.9 Å². The Morgan fingerprint density at radius 1 is 1.54 bits per heavy atom. The summed E-state index contributed by atoms with van der Waals surface area (Å²) in [6, 6.07) is 0. The van der Waals surface area contributed by atoms with Crippen molar-refractivity contribution in [2.75, 3.05) is 13.3 Å². The minimum Gasteiger partial charge on any atom is -0.343 e. The molecule has 1 aromatic rings. The van der Waals surface area contributed by atoms with Gasteiger partial charge in [-0.3, -0.25) is 23.4 Å². The van der Waals surface area contributed by atoms with Crippen LogP contribution in [0.3, 0.4) is 0 Å². The normalized spacial score (nSPS) is 28.4. The molecule has 0 saturated carbocycles. The van der Waals surface area contributed by atoms with Gasteiger partial charge in [-0.05, 0) is 20.8 Å². The zero-order chi connectivity index (χ0) is 19.7. The molecule has 1 fully saturated rings. The first kappa shape index (κ1) is 20.9. The topological polar surface area (TPSA) is 120 Å². The highest BCUT2D eigenvalue weighted by Crippen LogP contribution is 2.47. The summed E-state index contributed by atoms with van der Waals surface area (Å²) in [6.45, 7) is 2.44. The van der Waals surface area contributed by atoms with Crippen molar-refractivity contribution >= 4 is 7.82 Å². The van der Waals surface area contributed by atoms with Gasteiger partial charge in [0.15, 0.2) is 6.23 Å². The third-order valence-electron chi connectivity index (χ3n) is 3.75. The quantitative estimate of drug-likeness (QED) is 0.666. The van der Waals surface area contributed by atoms with Crippen LogP contribution in [0.25, 0.3) is 0 Å². The molecule has 4 atom stereocenters. The number of ether oxygens (including phenoxy) is 1. The molecule has 0 spiro atoms. The van der Waals surface area contributed by atoms with Crippen LogP contribution in [-0.2, 0) is 18.3 Å². The van der Waals surface area contributed by atoms with Crippen molar-refractivity contribution in [2.45, 2.75) is 51.3 Å². The Morgan fingerprint density at radius 3 is 2.77 bits per heavy atom. The van der Waals surface area contributed by atoms with Gasteiger partial charge in [-0.15, -0.1) is 0 Å². The van der Waals surface area contributed by atoms with Crippen LogP contribution in [0.4, 0.5) is 8.78 Å². The van der Waals surface area contributed by atoms with Crippen LogP contribution in [0.1, 0.15) is 32.1 Å². The summed E-state index contributed by atoms with van der Waals surface area (Å²) >= 11 is 0. The molecule has 0 amide bonds. The lowest BCUT2D eigenvalue weighted by Gasteiger charge is -2.27. The number of hydrogen-bond acceptors (Lipinski definition) is 6. The number of aromatic amines is 1. The van der Waals surface area contributed by atoms with Crippen LogP contribution >= 0.6 is 7.82 Å². The van der Waals surface area contributed by atoms with Crippen molar-refractivity contribution in [1.29, 1.82) is 0 Å². The average Bonchev–Trinajstić information content (AvgIpc) is 2.85. The zero-order valence-corrected chi connectivity index (χ0v) is 15.4. The summed E-state index contributed by atoms with van der Waals surface area (Å²) < 4.78 is 55.3. The summed E-state index contributed by atoms with van der Waals surface area (Å²) in [5.74, 6) is 0. The molecule has 0 aromatic carbocycles. The second-order valence-corrected chi connectivity index (χ2v) is 7.83. The smallest absolute Gasteiger partial charge is 0.343 e. The van der Waals surface area contributed by atoms with E-state index in [0.29, 0.717) is 0 Å². The maximum Gasteiger partial charge on any atom is 0.472 e. The van der Waals surface area contributed by atoms with E-state index in [9.17, 15) is 27.8 Å². The number of phosphoric ester groups is 1. The monoisotopic (exact) mass is 398 g/mol. The Labute approximate surface area is 147 Å². The second kappa shape index (κ2) is 7.69. The molecule has 0 bridgehead atoms. The van der Waals surface area contributed by atoms with E-state index in [0.717, 1.165) is 10.8 Å². The lowest BCUT2D eigenvalue weighted by molar-refractivity contribution is -0.114. The lowest BCUT2D eigenvalue weighted by atomic mass is 10.0. The molecule has 1 aliphatic rings. The Balaban J connectivity index is 2.21. The van der Waals surface area contributed by atoms with E-state index in [1.807, 2.05) is 4.98 Å². The standard InChI is InChI=1S/C14H21F2N2O7P/c1-8(2)25-26(21,22)23-7-14(6-15)4-10(16)12(24-14)18-5-9(3)11(19)17-13(18)20/h5,8,10,12H,4,6-7H2,1-3H3,(H,21,22)(H,17,19,20)/t10?,12?,14-/m1/s1. The van der Waals surface area contributed by atoms with E-state index in [2.05, 4.69) is 0 Å². The van der Waals surface area contributed by atoms with Gasteiger partial charge < -0.3 is 9.63 Å². The summed E-state index contributed by atoms with van der Waals surface area (Å²) in [4.78, 5) is 34.9. The molecule has 0 aliphatic carbocycles. The Kier molecular flexibility index (Phi) is 6.19. The molecule has 26 heavy (non-hydrogen) atoms. The van der Waals surface area contributed by atoms with Crippen LogP contribution in [0, 0.1) is 6.92 Å². The number of aryl methyl sites for hydroxylation is 1. The van der Waals surface area contributed by atoms with Crippen LogP contribution in [-0.4, -0.2) is 45.6 Å². The third kappa shape index (κ3) is 4.66. The number of nitrogens with zero attached hydrogens (tertiary/aromatic N) is 1. The number of nitrogens with one attached hydrogen (secondary N) is 1. The minimum absolute atomic E-state index is 0.139. The SMILES string of the molecule is Cc1cn(C2O[C@](CF)(COP(=O)(O)OC(C)C)CC2F)c(=O)[nH]c1=O. The Hall–Kier alpha value is -1.39. The summed E-state index contributed by atoms with van der Waals surface area (Å²) in [7, 11) is -4.48. The van der Waals surface area contributed by atoms with Crippen molar-refractivity contribution in [3.63, 3.8) is 0 Å². The summed E-state index contributed by atoms with van der Waals surface area (Å²) in [5, 5.41) is 0. The molecule has 2 heterocycles. The van der Waals surface area contributed by atoms with Gasteiger partial charge in [0.1, 0.15) is 18.4 Å². The molecule has 12 heteroatoms. The highest BCUT2D eigenvalue weighted by atomic mass is 31.2.